The smallest absolute Gasteiger partial charge is 0.416 e. The Morgan fingerprint density at radius 1 is 0.927 bits per heavy atom. The predicted octanol–water partition coefficient (Wildman–Crippen LogP) is 5.85. The van der Waals surface area contributed by atoms with Gasteiger partial charge in [0.15, 0.2) is 0 Å². The summed E-state index contributed by atoms with van der Waals surface area (Å²) in [5.41, 5.74) is -3.94. The molecular weight excluding hydrogens is 580 g/mol. The first-order valence-electron chi connectivity index (χ1n) is 12.6. The number of anilines is 1. The second-order valence-electron chi connectivity index (χ2n) is 9.53. The Kier molecular flexibility index (Phi) is 9.95. The molecule has 3 rings (SSSR count). The van der Waals surface area contributed by atoms with Crippen molar-refractivity contribution in [3.05, 3.63) is 65.2 Å². The number of rotatable bonds is 8. The molecule has 0 aromatic heterocycles. The first-order valence-corrected chi connectivity index (χ1v) is 14.0. The van der Waals surface area contributed by atoms with Crippen molar-refractivity contribution < 1.29 is 49.1 Å². The highest BCUT2D eigenvalue weighted by atomic mass is 32.2. The maximum absolute atomic E-state index is 13.2. The Morgan fingerprint density at radius 3 is 1.93 bits per heavy atom. The van der Waals surface area contributed by atoms with Crippen molar-refractivity contribution in [1.29, 1.82) is 0 Å². The third kappa shape index (κ3) is 8.12. The number of amides is 2. The fourth-order valence-corrected chi connectivity index (χ4v) is 5.98. The van der Waals surface area contributed by atoms with Gasteiger partial charge in [0.2, 0.25) is 0 Å². The lowest BCUT2D eigenvalue weighted by Crippen LogP contribution is -2.47. The molecule has 0 aliphatic heterocycles. The van der Waals surface area contributed by atoms with E-state index in [1.165, 1.54) is 18.9 Å². The van der Waals surface area contributed by atoms with Gasteiger partial charge in [-0.3, -0.25) is 9.69 Å². The van der Waals surface area contributed by atoms with Gasteiger partial charge in [-0.25, -0.2) is 9.52 Å². The summed E-state index contributed by atoms with van der Waals surface area (Å²) in [4.78, 5) is 26.6. The van der Waals surface area contributed by atoms with Gasteiger partial charge >= 0.3 is 28.7 Å². The van der Waals surface area contributed by atoms with Crippen molar-refractivity contribution in [2.24, 2.45) is 5.92 Å². The largest absolute Gasteiger partial charge is 0.452 e. The summed E-state index contributed by atoms with van der Waals surface area (Å²) in [5, 5.41) is 0. The highest BCUT2D eigenvalue weighted by molar-refractivity contribution is 7.87. The van der Waals surface area contributed by atoms with Crippen molar-refractivity contribution in [1.82, 2.24) is 9.03 Å². The minimum Gasteiger partial charge on any atom is -0.452 e. The standard InChI is InChI=1S/C26H29F6N3O5S/c1-3-34(16-17-9-11-22(12-10-17)35(24(37)40-2)21-7-5-4-6-8-21)41(38,39)33-23(36)18-13-19(25(27,28)29)15-20(14-18)26(30,31)32/h4-8,13-15,17,22H,3,9-12,16H2,1-2H3,(H,33,36). The number of alkyl halides is 6. The molecule has 8 nitrogen and oxygen atoms in total. The molecule has 1 saturated carbocycles. The average Bonchev–Trinajstić information content (AvgIpc) is 2.91. The number of nitrogens with one attached hydrogen (secondary N) is 1. The maximum atomic E-state index is 13.2. The van der Waals surface area contributed by atoms with Crippen LogP contribution in [-0.4, -0.2) is 51.0 Å². The number of carbonyl (C=O) groups excluding carboxylic acids is 2. The molecule has 0 unspecified atom stereocenters. The second-order valence-corrected chi connectivity index (χ2v) is 11.2. The molecule has 2 aromatic carbocycles. The molecule has 0 spiro atoms. The molecule has 2 aromatic rings. The van der Waals surface area contributed by atoms with E-state index >= 15 is 0 Å². The van der Waals surface area contributed by atoms with Gasteiger partial charge in [-0.1, -0.05) is 25.1 Å². The third-order valence-corrected chi connectivity index (χ3v) is 8.34. The van der Waals surface area contributed by atoms with E-state index in [2.05, 4.69) is 0 Å². The first kappa shape index (κ1) is 32.2. The number of ether oxygens (including phenoxy) is 1. The molecule has 1 N–H and O–H groups in total. The van der Waals surface area contributed by atoms with Crippen LogP contribution >= 0.6 is 0 Å². The van der Waals surface area contributed by atoms with Gasteiger partial charge in [0.05, 0.1) is 18.2 Å². The number of benzene rings is 2. The fraction of sp³-hybridized carbons (Fsp3) is 0.462. The lowest BCUT2D eigenvalue weighted by Gasteiger charge is -2.37. The van der Waals surface area contributed by atoms with Crippen molar-refractivity contribution in [3.8, 4) is 0 Å². The number of methoxy groups -OCH3 is 1. The number of carbonyl (C=O) groups is 2. The lowest BCUT2D eigenvalue weighted by molar-refractivity contribution is -0.143. The molecule has 0 saturated heterocycles. The maximum Gasteiger partial charge on any atom is 0.416 e. The Labute approximate surface area is 233 Å². The van der Waals surface area contributed by atoms with Gasteiger partial charge in [0.1, 0.15) is 0 Å². The predicted molar refractivity (Wildman–Crippen MR) is 137 cm³/mol. The zero-order valence-corrected chi connectivity index (χ0v) is 22.9. The quantitative estimate of drug-likeness (QED) is 0.379. The molecule has 1 aliphatic carbocycles. The first-order chi connectivity index (χ1) is 19.1. The molecule has 0 heterocycles. The Hall–Kier alpha value is -3.33. The number of nitrogens with zero attached hydrogens (tertiary/aromatic N) is 2. The van der Waals surface area contributed by atoms with E-state index in [-0.39, 0.29) is 43.2 Å². The van der Waals surface area contributed by atoms with Crippen LogP contribution in [0.25, 0.3) is 0 Å². The summed E-state index contributed by atoms with van der Waals surface area (Å²) in [7, 11) is -3.35. The molecule has 0 atom stereocenters. The van der Waals surface area contributed by atoms with E-state index in [1.807, 2.05) is 0 Å². The summed E-state index contributed by atoms with van der Waals surface area (Å²) in [6, 6.07) is 8.84. The summed E-state index contributed by atoms with van der Waals surface area (Å²) < 4.78 is 112. The zero-order chi connectivity index (χ0) is 30.6. The van der Waals surface area contributed by atoms with Crippen LogP contribution < -0.4 is 9.62 Å². The van der Waals surface area contributed by atoms with Crippen LogP contribution in [0.5, 0.6) is 0 Å². The van der Waals surface area contributed by atoms with E-state index in [0.717, 1.165) is 4.31 Å². The third-order valence-electron chi connectivity index (χ3n) is 6.81. The van der Waals surface area contributed by atoms with Gasteiger partial charge < -0.3 is 4.74 Å². The molecule has 1 aliphatic rings. The van der Waals surface area contributed by atoms with E-state index in [1.54, 1.807) is 35.1 Å². The monoisotopic (exact) mass is 609 g/mol. The van der Waals surface area contributed by atoms with Gasteiger partial charge in [0.25, 0.3) is 5.91 Å². The molecule has 0 bridgehead atoms. The van der Waals surface area contributed by atoms with E-state index < -0.39 is 51.3 Å². The Balaban J connectivity index is 1.71. The Morgan fingerprint density at radius 2 is 1.46 bits per heavy atom. The van der Waals surface area contributed by atoms with Crippen molar-refractivity contribution in [2.75, 3.05) is 25.1 Å². The normalized spacial score (nSPS) is 18.2. The van der Waals surface area contributed by atoms with Crippen LogP contribution in [0.1, 0.15) is 54.1 Å². The average molecular weight is 610 g/mol. The summed E-state index contributed by atoms with van der Waals surface area (Å²) >= 11 is 0. The van der Waals surface area contributed by atoms with Crippen LogP contribution in [0.15, 0.2) is 48.5 Å². The van der Waals surface area contributed by atoms with Crippen molar-refractivity contribution >= 4 is 27.9 Å². The number of hydrogen-bond acceptors (Lipinski definition) is 5. The topological polar surface area (TPSA) is 96.0 Å². The van der Waals surface area contributed by atoms with Gasteiger partial charge in [-0.15, -0.1) is 0 Å². The minimum absolute atomic E-state index is 0.0498. The van der Waals surface area contributed by atoms with Crippen LogP contribution in [-0.2, 0) is 27.3 Å². The van der Waals surface area contributed by atoms with Crippen LogP contribution in [0.3, 0.4) is 0 Å². The highest BCUT2D eigenvalue weighted by Crippen LogP contribution is 2.36. The summed E-state index contributed by atoms with van der Waals surface area (Å²) in [6.45, 7) is 1.32. The summed E-state index contributed by atoms with van der Waals surface area (Å²) in [5.74, 6) is -1.81. The summed E-state index contributed by atoms with van der Waals surface area (Å²) in [6.07, 6.45) is -8.89. The molecule has 2 amide bonds. The van der Waals surface area contributed by atoms with Crippen LogP contribution in [0.2, 0.25) is 0 Å². The van der Waals surface area contributed by atoms with Crippen molar-refractivity contribution in [2.45, 2.75) is 51.0 Å². The van der Waals surface area contributed by atoms with Crippen LogP contribution in [0.4, 0.5) is 36.8 Å². The lowest BCUT2D eigenvalue weighted by atomic mass is 9.85. The van der Waals surface area contributed by atoms with Gasteiger partial charge in [0, 0.05) is 30.4 Å². The molecular formula is C26H29F6N3O5S. The molecule has 226 valence electrons. The molecule has 1 fully saturated rings. The SMILES string of the molecule is CCN(CC1CCC(N(C(=O)OC)c2ccccc2)CC1)S(=O)(=O)NC(=O)c1cc(C(F)(F)F)cc(C(F)(F)F)c1. The minimum atomic E-state index is -5.20. The highest BCUT2D eigenvalue weighted by Gasteiger charge is 2.38. The van der Waals surface area contributed by atoms with E-state index in [9.17, 15) is 44.3 Å². The van der Waals surface area contributed by atoms with E-state index in [4.69, 9.17) is 4.74 Å². The van der Waals surface area contributed by atoms with Crippen molar-refractivity contribution in [3.63, 3.8) is 0 Å². The number of halogens is 6. The molecule has 15 heteroatoms. The van der Waals surface area contributed by atoms with E-state index in [0.29, 0.717) is 31.4 Å². The molecule has 41 heavy (non-hydrogen) atoms. The van der Waals surface area contributed by atoms with Gasteiger partial charge in [-0.2, -0.15) is 39.1 Å². The molecule has 0 radical (unpaired) electrons. The fourth-order valence-electron chi connectivity index (χ4n) is 4.75. The second kappa shape index (κ2) is 12.7. The number of para-hydroxylation sites is 1. The van der Waals surface area contributed by atoms with Gasteiger partial charge in [-0.05, 0) is 61.9 Å². The van der Waals surface area contributed by atoms with Crippen LogP contribution in [0, 0.1) is 5.92 Å². The Bertz CT molecular complexity index is 1300. The zero-order valence-electron chi connectivity index (χ0n) is 22.1. The number of hydrogen-bond donors (Lipinski definition) is 1.